The number of hydrogen-bond acceptors (Lipinski definition) is 4. The van der Waals surface area contributed by atoms with Gasteiger partial charge in [0.15, 0.2) is 0 Å². The second-order valence-corrected chi connectivity index (χ2v) is 10.3. The molecule has 1 saturated carbocycles. The number of nitrogens with one attached hydrogen (secondary N) is 1. The first-order valence-corrected chi connectivity index (χ1v) is 10.5. The largest absolute Gasteiger partial charge is 0.598 e. The molecular formula is C21H28FN3OS. The molecule has 0 radical (unpaired) electrons. The van der Waals surface area contributed by atoms with Crippen molar-refractivity contribution in [2.24, 2.45) is 5.92 Å². The lowest BCUT2D eigenvalue weighted by atomic mass is 9.86. The average Bonchev–Trinajstić information content (AvgIpc) is 3.46. The zero-order chi connectivity index (χ0) is 19.6. The van der Waals surface area contributed by atoms with Crippen LogP contribution in [0.5, 0.6) is 0 Å². The summed E-state index contributed by atoms with van der Waals surface area (Å²) in [5.41, 5.74) is 8.11. The molecule has 1 aliphatic rings. The van der Waals surface area contributed by atoms with Gasteiger partial charge < -0.3 is 10.3 Å². The van der Waals surface area contributed by atoms with Crippen molar-refractivity contribution in [2.45, 2.75) is 56.7 Å². The summed E-state index contributed by atoms with van der Waals surface area (Å²) in [6, 6.07) is 8.87. The smallest absolute Gasteiger partial charge is 0.146 e. The maximum Gasteiger partial charge on any atom is 0.146 e. The lowest BCUT2D eigenvalue weighted by Gasteiger charge is -2.30. The number of pyridine rings is 1. The van der Waals surface area contributed by atoms with Crippen molar-refractivity contribution in [1.29, 1.82) is 0 Å². The third kappa shape index (κ3) is 5.21. The fraction of sp³-hybridized carbons (Fsp3) is 0.476. The van der Waals surface area contributed by atoms with Gasteiger partial charge >= 0.3 is 0 Å². The van der Waals surface area contributed by atoms with Crippen LogP contribution in [0.15, 0.2) is 42.7 Å². The summed E-state index contributed by atoms with van der Waals surface area (Å²) in [5.74, 6) is 0.422. The molecule has 1 aromatic carbocycles. The van der Waals surface area contributed by atoms with Crippen LogP contribution >= 0.6 is 0 Å². The van der Waals surface area contributed by atoms with Crippen LogP contribution in [0.25, 0.3) is 0 Å². The number of rotatable bonds is 7. The van der Waals surface area contributed by atoms with E-state index in [0.717, 1.165) is 30.4 Å². The van der Waals surface area contributed by atoms with E-state index in [2.05, 4.69) is 9.71 Å². The van der Waals surface area contributed by atoms with Crippen LogP contribution in [-0.2, 0) is 11.4 Å². The van der Waals surface area contributed by atoms with Crippen molar-refractivity contribution in [3.8, 4) is 0 Å². The number of nitrogen functional groups attached to an aromatic ring is 1. The van der Waals surface area contributed by atoms with Crippen LogP contribution in [0.1, 0.15) is 63.1 Å². The fourth-order valence-corrected chi connectivity index (χ4v) is 4.14. The summed E-state index contributed by atoms with van der Waals surface area (Å²) in [7, 11) is 0. The molecule has 0 amide bonds. The lowest BCUT2D eigenvalue weighted by molar-refractivity contribution is 0.457. The molecule has 0 bridgehead atoms. The van der Waals surface area contributed by atoms with E-state index < -0.39 is 11.4 Å². The van der Waals surface area contributed by atoms with Crippen LogP contribution in [0, 0.1) is 11.7 Å². The minimum absolute atomic E-state index is 0.0788. The summed E-state index contributed by atoms with van der Waals surface area (Å²) in [6.07, 6.45) is 6.61. The second kappa shape index (κ2) is 8.17. The molecule has 0 unspecified atom stereocenters. The van der Waals surface area contributed by atoms with E-state index in [0.29, 0.717) is 5.92 Å². The number of nitrogens with zero attached hydrogens (tertiary/aromatic N) is 1. The van der Waals surface area contributed by atoms with Crippen LogP contribution in [0.4, 0.5) is 10.1 Å². The number of anilines is 1. The van der Waals surface area contributed by atoms with Crippen molar-refractivity contribution < 1.29 is 8.94 Å². The molecule has 4 nitrogen and oxygen atoms in total. The van der Waals surface area contributed by atoms with Crippen LogP contribution in [0.3, 0.4) is 0 Å². The molecule has 3 N–H and O–H groups in total. The van der Waals surface area contributed by atoms with Gasteiger partial charge in [-0.15, -0.1) is 4.72 Å². The van der Waals surface area contributed by atoms with Crippen LogP contribution in [-0.4, -0.2) is 14.3 Å². The third-order valence-electron chi connectivity index (χ3n) is 5.04. The van der Waals surface area contributed by atoms with Crippen molar-refractivity contribution in [3.05, 3.63) is 59.7 Å². The highest BCUT2D eigenvalue weighted by Crippen LogP contribution is 2.47. The number of nitrogens with two attached hydrogens (primary N) is 1. The number of hydrogen-bond donors (Lipinski definition) is 2. The Hall–Kier alpha value is -1.63. The highest BCUT2D eigenvalue weighted by atomic mass is 32.2. The van der Waals surface area contributed by atoms with E-state index in [9.17, 15) is 8.94 Å². The van der Waals surface area contributed by atoms with Crippen molar-refractivity contribution in [1.82, 2.24) is 9.71 Å². The molecule has 1 heterocycles. The molecule has 1 fully saturated rings. The van der Waals surface area contributed by atoms with Gasteiger partial charge in [0.05, 0.1) is 11.7 Å². The molecule has 0 aliphatic heterocycles. The fourth-order valence-electron chi connectivity index (χ4n) is 3.30. The lowest BCUT2D eigenvalue weighted by Crippen LogP contribution is -2.41. The summed E-state index contributed by atoms with van der Waals surface area (Å²) in [5, 5.41) is 0. The molecule has 2 aromatic rings. The summed E-state index contributed by atoms with van der Waals surface area (Å²) in [4.78, 5) is 4.10. The molecule has 3 atom stereocenters. The Morgan fingerprint density at radius 1 is 1.22 bits per heavy atom. The van der Waals surface area contributed by atoms with Gasteiger partial charge in [0.1, 0.15) is 10.6 Å². The van der Waals surface area contributed by atoms with E-state index in [1.807, 2.05) is 39.0 Å². The Balaban J connectivity index is 1.87. The quantitative estimate of drug-likeness (QED) is 0.541. The van der Waals surface area contributed by atoms with Gasteiger partial charge in [0, 0.05) is 23.8 Å². The zero-order valence-corrected chi connectivity index (χ0v) is 16.9. The minimum Gasteiger partial charge on any atom is -0.598 e. The van der Waals surface area contributed by atoms with Gasteiger partial charge in [-0.3, -0.25) is 4.98 Å². The summed E-state index contributed by atoms with van der Waals surface area (Å²) in [6.45, 7) is 5.87. The summed E-state index contributed by atoms with van der Waals surface area (Å²) < 4.78 is 29.4. The molecule has 6 heteroatoms. The first-order valence-electron chi connectivity index (χ1n) is 9.38. The van der Waals surface area contributed by atoms with Gasteiger partial charge in [0.2, 0.25) is 0 Å². The van der Waals surface area contributed by atoms with Crippen molar-refractivity contribution in [3.63, 3.8) is 0 Å². The van der Waals surface area contributed by atoms with Gasteiger partial charge in [-0.05, 0) is 87.3 Å². The third-order valence-corrected chi connectivity index (χ3v) is 6.65. The van der Waals surface area contributed by atoms with Gasteiger partial charge in [-0.25, -0.2) is 4.39 Å². The highest BCUT2D eigenvalue weighted by molar-refractivity contribution is 7.90. The minimum atomic E-state index is -1.20. The maximum atomic E-state index is 13.6. The molecule has 1 aromatic heterocycles. The predicted molar refractivity (Wildman–Crippen MR) is 109 cm³/mol. The Morgan fingerprint density at radius 3 is 2.44 bits per heavy atom. The van der Waals surface area contributed by atoms with Crippen LogP contribution in [0.2, 0.25) is 0 Å². The monoisotopic (exact) mass is 389 g/mol. The molecule has 3 rings (SSSR count). The Bertz CT molecular complexity index is 762. The standard InChI is InChI=1S/C21H28FN3OS/c1-21(2,3)27(26)25-20(15-8-10-24-11-9-15)13-17(14-4-5-14)16-6-7-18(22)19(23)12-16/h6-12,14,17,20,25H,4-5,13,23H2,1-3H3/t17-,20+,27+/m0/s1. The van der Waals surface area contributed by atoms with E-state index in [-0.39, 0.29) is 28.2 Å². The average molecular weight is 390 g/mol. The van der Waals surface area contributed by atoms with Crippen molar-refractivity contribution >= 4 is 17.0 Å². The van der Waals surface area contributed by atoms with E-state index >= 15 is 0 Å². The number of benzene rings is 1. The molecule has 0 spiro atoms. The Kier molecular flexibility index (Phi) is 6.08. The Labute approximate surface area is 164 Å². The normalized spacial score (nSPS) is 18.1. The first kappa shape index (κ1) is 20.1. The van der Waals surface area contributed by atoms with E-state index in [1.165, 1.54) is 6.07 Å². The SMILES string of the molecule is CC(C)(C)[S@@+]([O-])N[C@H](C[C@H](c1ccc(F)c(N)c1)C1CC1)c1ccncc1. The van der Waals surface area contributed by atoms with Gasteiger partial charge in [-0.1, -0.05) is 6.07 Å². The molecular weight excluding hydrogens is 361 g/mol. The molecule has 27 heavy (non-hydrogen) atoms. The van der Waals surface area contributed by atoms with Gasteiger partial charge in [0.25, 0.3) is 0 Å². The molecule has 1 aliphatic carbocycles. The van der Waals surface area contributed by atoms with Crippen LogP contribution < -0.4 is 10.5 Å². The predicted octanol–water partition coefficient (Wildman–Crippen LogP) is 4.48. The molecule has 146 valence electrons. The number of halogens is 1. The first-order chi connectivity index (χ1) is 12.8. The second-order valence-electron chi connectivity index (χ2n) is 8.29. The zero-order valence-electron chi connectivity index (χ0n) is 16.1. The van der Waals surface area contributed by atoms with E-state index in [1.54, 1.807) is 18.5 Å². The maximum absolute atomic E-state index is 13.6. The number of aromatic nitrogens is 1. The summed E-state index contributed by atoms with van der Waals surface area (Å²) >= 11 is -1.20. The topological polar surface area (TPSA) is 74.0 Å². The molecule has 0 saturated heterocycles. The van der Waals surface area contributed by atoms with Crippen molar-refractivity contribution in [2.75, 3.05) is 5.73 Å². The van der Waals surface area contributed by atoms with Gasteiger partial charge in [-0.2, -0.15) is 0 Å². The Morgan fingerprint density at radius 2 is 1.89 bits per heavy atom. The van der Waals surface area contributed by atoms with E-state index in [4.69, 9.17) is 5.73 Å². The highest BCUT2D eigenvalue weighted by Gasteiger charge is 2.37.